The Morgan fingerprint density at radius 3 is 1.28 bits per heavy atom. The fraction of sp³-hybridized carbons (Fsp3) is 0.146. The van der Waals surface area contributed by atoms with E-state index in [-0.39, 0.29) is 0 Å². The number of ether oxygens (including phenoxy) is 7. The van der Waals surface area contributed by atoms with E-state index in [1.807, 2.05) is 0 Å². The monoisotopic (exact) mass is 934 g/mol. The van der Waals surface area contributed by atoms with Crippen molar-refractivity contribution in [2.75, 3.05) is 6.61 Å². The van der Waals surface area contributed by atoms with E-state index in [0.29, 0.717) is 30.3 Å². The lowest BCUT2D eigenvalue weighted by molar-refractivity contribution is -0.284. The van der Waals surface area contributed by atoms with E-state index in [9.17, 15) is 95.5 Å². The lowest BCUT2D eigenvalue weighted by Gasteiger charge is -2.43. The molecule has 0 radical (unpaired) electrons. The molecular formula is C41H26O26. The van der Waals surface area contributed by atoms with E-state index < -0.39 is 209 Å². The normalized spacial score (nSPS) is 20.8. The minimum absolute atomic E-state index is 0.427. The summed E-state index contributed by atoms with van der Waals surface area (Å²) >= 11 is 0. The molecule has 4 heterocycles. The Morgan fingerprint density at radius 2 is 0.791 bits per heavy atom. The number of hydrogen-bond donors (Lipinski definition) is 14. The van der Waals surface area contributed by atoms with Crippen LogP contribution in [0.1, 0.15) is 51.8 Å². The fourth-order valence-corrected chi connectivity index (χ4v) is 7.76. The molecule has 26 nitrogen and oxygen atoms in total. The smallest absolute Gasteiger partial charge is 0.347 e. The quantitative estimate of drug-likeness (QED) is 0.0454. The van der Waals surface area contributed by atoms with Crippen molar-refractivity contribution in [3.05, 3.63) is 58.1 Å². The van der Waals surface area contributed by atoms with Crippen molar-refractivity contribution in [1.29, 1.82) is 0 Å². The highest BCUT2D eigenvalue weighted by Gasteiger charge is 2.54. The van der Waals surface area contributed by atoms with Gasteiger partial charge in [-0.25, -0.2) is 24.0 Å². The number of benzene rings is 5. The van der Waals surface area contributed by atoms with Gasteiger partial charge in [-0.05, 0) is 18.2 Å². The van der Waals surface area contributed by atoms with Crippen LogP contribution in [0.4, 0.5) is 0 Å². The van der Waals surface area contributed by atoms with Crippen molar-refractivity contribution < 1.29 is 129 Å². The third-order valence-electron chi connectivity index (χ3n) is 10.9. The topological polar surface area (TPSA) is 433 Å². The molecule has 14 N–H and O–H groups in total. The summed E-state index contributed by atoms with van der Waals surface area (Å²) in [5.41, 5.74) is -8.97. The Labute approximate surface area is 367 Å². The predicted molar refractivity (Wildman–Crippen MR) is 206 cm³/mol. The zero-order valence-corrected chi connectivity index (χ0v) is 32.6. The molecule has 0 bridgehead atoms. The zero-order chi connectivity index (χ0) is 48.4. The maximum absolute atomic E-state index is 14.5. The van der Waals surface area contributed by atoms with Gasteiger partial charge in [0.25, 0.3) is 0 Å². The first kappa shape index (κ1) is 42.9. The van der Waals surface area contributed by atoms with Gasteiger partial charge in [0.05, 0.1) is 22.3 Å². The van der Waals surface area contributed by atoms with Crippen LogP contribution in [0.25, 0.3) is 22.3 Å². The third kappa shape index (κ3) is 6.30. The van der Waals surface area contributed by atoms with E-state index in [2.05, 4.69) is 0 Å². The van der Waals surface area contributed by atoms with Gasteiger partial charge in [0.1, 0.15) is 18.3 Å². The largest absolute Gasteiger partial charge is 0.504 e. The number of carbonyl (C=O) groups is 5. The van der Waals surface area contributed by atoms with Gasteiger partial charge < -0.3 is 105 Å². The minimum Gasteiger partial charge on any atom is -0.504 e. The second-order valence-electron chi connectivity index (χ2n) is 14.8. The van der Waals surface area contributed by atoms with Crippen molar-refractivity contribution >= 4 is 29.8 Å². The molecule has 5 unspecified atom stereocenters. The lowest BCUT2D eigenvalue weighted by atomic mass is 9.91. The van der Waals surface area contributed by atoms with Gasteiger partial charge in [0, 0.05) is 34.4 Å². The van der Waals surface area contributed by atoms with Crippen molar-refractivity contribution in [3.63, 3.8) is 0 Å². The first-order valence-corrected chi connectivity index (χ1v) is 18.7. The molecule has 346 valence electrons. The molecule has 1 fully saturated rings. The van der Waals surface area contributed by atoms with Gasteiger partial charge in [0.2, 0.25) is 34.5 Å². The van der Waals surface area contributed by atoms with Crippen LogP contribution in [0.15, 0.2) is 30.3 Å². The van der Waals surface area contributed by atoms with Gasteiger partial charge >= 0.3 is 29.8 Å². The van der Waals surface area contributed by atoms with Gasteiger partial charge in [-0.2, -0.15) is 0 Å². The Hall–Kier alpha value is -9.43. The van der Waals surface area contributed by atoms with E-state index >= 15 is 0 Å². The molecule has 5 aromatic carbocycles. The number of cyclic esters (lactones) is 1. The second-order valence-corrected chi connectivity index (χ2v) is 14.8. The number of phenolic OH excluding ortho intramolecular Hbond substituents is 13. The summed E-state index contributed by atoms with van der Waals surface area (Å²) in [6.45, 7) is -1.18. The second kappa shape index (κ2) is 14.8. The SMILES string of the molecule is O=C1Oc2c(cc3c(c2O)-c2c(cc(O)c(O)c2O)C(=O)OC2C(COC3=O)OC(O)C3OC(=O)c4cc(O)c(O)c(O)c4-c4c(cc(O)c(O)c4O)C(=O)OC32)Oc2c1cc(O)c(O)c2O. The summed E-state index contributed by atoms with van der Waals surface area (Å²) in [4.78, 5) is 70.1. The summed E-state index contributed by atoms with van der Waals surface area (Å²) in [5, 5.41) is 150. The molecule has 67 heavy (non-hydrogen) atoms. The average molecular weight is 935 g/mol. The Kier molecular flexibility index (Phi) is 9.48. The predicted octanol–water partition coefficient (Wildman–Crippen LogP) is 1.70. The Bertz CT molecular complexity index is 3120. The molecule has 0 aromatic heterocycles. The van der Waals surface area contributed by atoms with E-state index in [1.165, 1.54) is 0 Å². The summed E-state index contributed by atoms with van der Waals surface area (Å²) in [5.74, 6) is -27.9. The summed E-state index contributed by atoms with van der Waals surface area (Å²) in [6, 6.07) is 2.59. The number of hydrogen-bond acceptors (Lipinski definition) is 26. The highest BCUT2D eigenvalue weighted by atomic mass is 16.7. The summed E-state index contributed by atoms with van der Waals surface area (Å²) in [7, 11) is 0. The number of fused-ring (bicyclic) bond motifs is 11. The van der Waals surface area contributed by atoms with Crippen LogP contribution in [-0.4, -0.2) is 139 Å². The van der Waals surface area contributed by atoms with Gasteiger partial charge in [-0.3, -0.25) is 0 Å². The fourth-order valence-electron chi connectivity index (χ4n) is 7.76. The first-order chi connectivity index (χ1) is 31.6. The zero-order valence-electron chi connectivity index (χ0n) is 32.6. The molecule has 5 aromatic rings. The van der Waals surface area contributed by atoms with Crippen LogP contribution in [0, 0.1) is 0 Å². The van der Waals surface area contributed by atoms with Crippen LogP contribution in [0.2, 0.25) is 0 Å². The van der Waals surface area contributed by atoms with E-state index in [0.717, 1.165) is 0 Å². The van der Waals surface area contributed by atoms with Crippen molar-refractivity contribution in [2.45, 2.75) is 30.7 Å². The van der Waals surface area contributed by atoms with Crippen LogP contribution in [0.3, 0.4) is 0 Å². The van der Waals surface area contributed by atoms with Crippen molar-refractivity contribution in [2.24, 2.45) is 0 Å². The average Bonchev–Trinajstić information content (AvgIpc) is 3.43. The van der Waals surface area contributed by atoms with Crippen LogP contribution in [0.5, 0.6) is 92.0 Å². The number of aliphatic hydroxyl groups is 1. The number of carbonyl (C=O) groups excluding carboxylic acids is 5. The molecule has 1 saturated heterocycles. The van der Waals surface area contributed by atoms with Crippen LogP contribution in [-0.2, 0) is 23.7 Å². The number of phenols is 13. The van der Waals surface area contributed by atoms with Gasteiger partial charge in [-0.1, -0.05) is 0 Å². The standard InChI is InChI=1S/C41H26O26/c42-12-1-7-18(26(50)22(12)46)19-8(2-13(43)23(47)27(19)51)39(58)67-35-34(66-38(7)57)33-17(63-41(35)60)6-61-36(55)10-5-16-32(64-40(59)11-4-15(45)25(49)30(54)31(11)62-16)29(53)21(10)20-9(37(56)65-33)3-14(44)24(48)28(20)52/h1-5,17,33-35,41-54,60H,6H2. The summed E-state index contributed by atoms with van der Waals surface area (Å²) in [6.07, 6.45) is -11.5. The number of aromatic hydroxyl groups is 13. The molecule has 0 amide bonds. The van der Waals surface area contributed by atoms with Crippen LogP contribution >= 0.6 is 0 Å². The van der Waals surface area contributed by atoms with E-state index in [4.69, 9.17) is 33.2 Å². The van der Waals surface area contributed by atoms with Gasteiger partial charge in [-0.15, -0.1) is 0 Å². The Balaban J connectivity index is 1.22. The first-order valence-electron chi connectivity index (χ1n) is 18.7. The molecule has 5 atom stereocenters. The maximum atomic E-state index is 14.5. The third-order valence-corrected chi connectivity index (χ3v) is 10.9. The summed E-state index contributed by atoms with van der Waals surface area (Å²) < 4.78 is 38.5. The maximum Gasteiger partial charge on any atom is 0.347 e. The van der Waals surface area contributed by atoms with Crippen molar-refractivity contribution in [3.8, 4) is 114 Å². The van der Waals surface area contributed by atoms with Crippen LogP contribution < -0.4 is 9.47 Å². The number of rotatable bonds is 0. The molecular weight excluding hydrogens is 908 g/mol. The van der Waals surface area contributed by atoms with Gasteiger partial charge in [0.15, 0.2) is 82.1 Å². The number of aliphatic hydroxyl groups excluding tert-OH is 1. The molecule has 0 aliphatic carbocycles. The molecule has 0 saturated carbocycles. The highest BCUT2D eigenvalue weighted by Crippen LogP contribution is 2.58. The Morgan fingerprint density at radius 1 is 0.388 bits per heavy atom. The molecule has 9 rings (SSSR count). The molecule has 4 aliphatic rings. The molecule has 0 spiro atoms. The number of esters is 5. The minimum atomic E-state index is -2.48. The molecule has 26 heteroatoms. The van der Waals surface area contributed by atoms with Crippen molar-refractivity contribution in [1.82, 2.24) is 0 Å². The highest BCUT2D eigenvalue weighted by molar-refractivity contribution is 6.10. The molecule has 4 aliphatic heterocycles. The van der Waals surface area contributed by atoms with E-state index in [1.54, 1.807) is 0 Å². The lowest BCUT2D eigenvalue weighted by Crippen LogP contribution is -2.62.